The van der Waals surface area contributed by atoms with E-state index >= 15 is 0 Å². The molecule has 1 unspecified atom stereocenters. The number of halogens is 1. The van der Waals surface area contributed by atoms with Crippen LogP contribution in [0.3, 0.4) is 0 Å². The van der Waals surface area contributed by atoms with Gasteiger partial charge in [0.1, 0.15) is 0 Å². The van der Waals surface area contributed by atoms with Gasteiger partial charge in [0, 0.05) is 21.7 Å². The molecule has 0 aliphatic heterocycles. The molecule has 1 N–H and O–H groups in total. The van der Waals surface area contributed by atoms with E-state index in [0.717, 1.165) is 17.2 Å². The Balaban J connectivity index is 1.97. The quantitative estimate of drug-likeness (QED) is 0.691. The molecule has 2 rings (SSSR count). The Morgan fingerprint density at radius 1 is 1.05 bits per heavy atom. The molecule has 2 aromatic carbocycles. The molecule has 21 heavy (non-hydrogen) atoms. The highest BCUT2D eigenvalue weighted by Gasteiger charge is 2.09. The van der Waals surface area contributed by atoms with Crippen molar-refractivity contribution in [3.05, 3.63) is 64.7 Å². The van der Waals surface area contributed by atoms with E-state index in [1.54, 1.807) is 0 Å². The fourth-order valence-electron chi connectivity index (χ4n) is 2.26. The van der Waals surface area contributed by atoms with Crippen LogP contribution < -0.4 is 5.32 Å². The van der Waals surface area contributed by atoms with Crippen LogP contribution in [0.25, 0.3) is 0 Å². The molecule has 0 fully saturated rings. The Bertz CT molecular complexity index is 536. The van der Waals surface area contributed by atoms with Gasteiger partial charge in [-0.2, -0.15) is 0 Å². The lowest BCUT2D eigenvalue weighted by atomic mass is 10.0. The zero-order valence-corrected chi connectivity index (χ0v) is 14.2. The molecule has 2 aromatic rings. The summed E-state index contributed by atoms with van der Waals surface area (Å²) < 4.78 is 0. The van der Waals surface area contributed by atoms with Gasteiger partial charge in [-0.1, -0.05) is 49.2 Å². The Kier molecular flexibility index (Phi) is 6.62. The smallest absolute Gasteiger partial charge is 0.0412 e. The van der Waals surface area contributed by atoms with Gasteiger partial charge < -0.3 is 5.32 Å². The Morgan fingerprint density at radius 2 is 1.71 bits per heavy atom. The fraction of sp³-hybridized carbons (Fsp3) is 0.333. The number of benzene rings is 2. The van der Waals surface area contributed by atoms with E-state index in [1.807, 2.05) is 30.9 Å². The zero-order valence-electron chi connectivity index (χ0n) is 12.6. The van der Waals surface area contributed by atoms with Gasteiger partial charge >= 0.3 is 0 Å². The monoisotopic (exact) mass is 319 g/mol. The van der Waals surface area contributed by atoms with Gasteiger partial charge in [-0.05, 0) is 48.9 Å². The predicted octanol–water partition coefficient (Wildman–Crippen LogP) is 5.35. The second-order valence-electron chi connectivity index (χ2n) is 5.10. The largest absolute Gasteiger partial charge is 0.312 e. The van der Waals surface area contributed by atoms with Crippen molar-refractivity contribution >= 4 is 23.4 Å². The molecular formula is C18H22ClNS. The molecule has 0 saturated heterocycles. The lowest BCUT2D eigenvalue weighted by Crippen LogP contribution is -2.18. The van der Waals surface area contributed by atoms with Crippen molar-refractivity contribution in [2.24, 2.45) is 0 Å². The summed E-state index contributed by atoms with van der Waals surface area (Å²) in [6, 6.07) is 17.4. The SMILES string of the molecule is CCCc1ccc(C(CSc2ccc(Cl)cc2)NC)cc1. The molecule has 1 nitrogen and oxygen atoms in total. The van der Waals surface area contributed by atoms with E-state index in [2.05, 4.69) is 48.6 Å². The summed E-state index contributed by atoms with van der Waals surface area (Å²) >= 11 is 7.77. The third-order valence-corrected chi connectivity index (χ3v) is 4.86. The maximum atomic E-state index is 5.92. The molecule has 0 aromatic heterocycles. The predicted molar refractivity (Wildman–Crippen MR) is 94.4 cm³/mol. The number of rotatable bonds is 7. The number of thioether (sulfide) groups is 1. The van der Waals surface area contributed by atoms with Crippen molar-refractivity contribution in [1.82, 2.24) is 5.32 Å². The molecule has 0 bridgehead atoms. The van der Waals surface area contributed by atoms with E-state index in [9.17, 15) is 0 Å². The van der Waals surface area contributed by atoms with Crippen LogP contribution >= 0.6 is 23.4 Å². The van der Waals surface area contributed by atoms with Crippen molar-refractivity contribution in [3.63, 3.8) is 0 Å². The lowest BCUT2D eigenvalue weighted by Gasteiger charge is -2.17. The summed E-state index contributed by atoms with van der Waals surface area (Å²) in [6.45, 7) is 2.22. The Labute approximate surface area is 137 Å². The van der Waals surface area contributed by atoms with E-state index in [0.29, 0.717) is 6.04 Å². The molecule has 0 radical (unpaired) electrons. The number of hydrogen-bond donors (Lipinski definition) is 1. The van der Waals surface area contributed by atoms with Gasteiger partial charge in [-0.25, -0.2) is 0 Å². The summed E-state index contributed by atoms with van der Waals surface area (Å²) in [5, 5.41) is 4.19. The number of aryl methyl sites for hydroxylation is 1. The highest BCUT2D eigenvalue weighted by Crippen LogP contribution is 2.26. The van der Waals surface area contributed by atoms with Crippen LogP contribution in [0.1, 0.15) is 30.5 Å². The molecule has 1 atom stereocenters. The van der Waals surface area contributed by atoms with Crippen LogP contribution in [0.2, 0.25) is 5.02 Å². The maximum absolute atomic E-state index is 5.92. The van der Waals surface area contributed by atoms with Gasteiger partial charge in [-0.15, -0.1) is 11.8 Å². The normalized spacial score (nSPS) is 12.3. The molecule has 0 heterocycles. The van der Waals surface area contributed by atoms with Crippen LogP contribution in [0, 0.1) is 0 Å². The summed E-state index contributed by atoms with van der Waals surface area (Å²) in [6.07, 6.45) is 2.35. The third kappa shape index (κ3) is 5.06. The third-order valence-electron chi connectivity index (χ3n) is 3.50. The minimum atomic E-state index is 0.362. The topological polar surface area (TPSA) is 12.0 Å². The van der Waals surface area contributed by atoms with Gasteiger partial charge in [0.2, 0.25) is 0 Å². The lowest BCUT2D eigenvalue weighted by molar-refractivity contribution is 0.661. The van der Waals surface area contributed by atoms with Crippen LogP contribution in [0.5, 0.6) is 0 Å². The summed E-state index contributed by atoms with van der Waals surface area (Å²) in [4.78, 5) is 1.25. The molecule has 0 aliphatic carbocycles. The van der Waals surface area contributed by atoms with Gasteiger partial charge in [0.25, 0.3) is 0 Å². The highest BCUT2D eigenvalue weighted by molar-refractivity contribution is 7.99. The second kappa shape index (κ2) is 8.47. The molecule has 0 saturated carbocycles. The van der Waals surface area contributed by atoms with Crippen LogP contribution in [-0.4, -0.2) is 12.8 Å². The first kappa shape index (κ1) is 16.4. The van der Waals surface area contributed by atoms with Crippen LogP contribution in [0.4, 0.5) is 0 Å². The Hall–Kier alpha value is -0.960. The van der Waals surface area contributed by atoms with E-state index < -0.39 is 0 Å². The van der Waals surface area contributed by atoms with Crippen LogP contribution in [0.15, 0.2) is 53.4 Å². The maximum Gasteiger partial charge on any atom is 0.0412 e. The summed E-state index contributed by atoms with van der Waals surface area (Å²) in [5.41, 5.74) is 2.76. The molecule has 0 amide bonds. The molecular weight excluding hydrogens is 298 g/mol. The van der Waals surface area contributed by atoms with Crippen molar-refractivity contribution in [2.75, 3.05) is 12.8 Å². The molecule has 3 heteroatoms. The zero-order chi connectivity index (χ0) is 15.1. The fourth-order valence-corrected chi connectivity index (χ4v) is 3.43. The van der Waals surface area contributed by atoms with Gasteiger partial charge in [-0.3, -0.25) is 0 Å². The minimum Gasteiger partial charge on any atom is -0.312 e. The highest BCUT2D eigenvalue weighted by atomic mass is 35.5. The van der Waals surface area contributed by atoms with Gasteiger partial charge in [0.15, 0.2) is 0 Å². The first-order valence-corrected chi connectivity index (χ1v) is 8.73. The molecule has 0 aliphatic rings. The van der Waals surface area contributed by atoms with E-state index in [1.165, 1.54) is 22.4 Å². The minimum absolute atomic E-state index is 0.362. The van der Waals surface area contributed by atoms with Crippen molar-refractivity contribution < 1.29 is 0 Å². The van der Waals surface area contributed by atoms with E-state index in [-0.39, 0.29) is 0 Å². The first-order chi connectivity index (χ1) is 10.2. The standard InChI is InChI=1S/C18H22ClNS/c1-3-4-14-5-7-15(8-6-14)18(20-2)13-21-17-11-9-16(19)10-12-17/h5-12,18,20H,3-4,13H2,1-2H3. The number of nitrogens with one attached hydrogen (secondary N) is 1. The summed E-state index contributed by atoms with van der Waals surface area (Å²) in [5.74, 6) is 1.01. The Morgan fingerprint density at radius 3 is 2.29 bits per heavy atom. The van der Waals surface area contributed by atoms with Crippen molar-refractivity contribution in [2.45, 2.75) is 30.7 Å². The van der Waals surface area contributed by atoms with Crippen LogP contribution in [-0.2, 0) is 6.42 Å². The average Bonchev–Trinajstić information content (AvgIpc) is 2.51. The van der Waals surface area contributed by atoms with E-state index in [4.69, 9.17) is 11.6 Å². The molecule has 0 spiro atoms. The second-order valence-corrected chi connectivity index (χ2v) is 6.63. The van der Waals surface area contributed by atoms with Crippen molar-refractivity contribution in [3.8, 4) is 0 Å². The van der Waals surface area contributed by atoms with Gasteiger partial charge in [0.05, 0.1) is 0 Å². The first-order valence-electron chi connectivity index (χ1n) is 7.37. The van der Waals surface area contributed by atoms with Crippen molar-refractivity contribution in [1.29, 1.82) is 0 Å². The molecule has 112 valence electrons. The summed E-state index contributed by atoms with van der Waals surface area (Å²) in [7, 11) is 2.02. The average molecular weight is 320 g/mol. The number of hydrogen-bond acceptors (Lipinski definition) is 2.